The van der Waals surface area contributed by atoms with Crippen LogP contribution in [0.15, 0.2) is 53.7 Å². The highest BCUT2D eigenvalue weighted by atomic mass is 32.2. The van der Waals surface area contributed by atoms with Gasteiger partial charge in [-0.25, -0.2) is 4.39 Å². The molecule has 2 aromatic carbocycles. The Kier molecular flexibility index (Phi) is 5.89. The molecule has 0 bridgehead atoms. The number of carbonyl (C=O) groups is 1. The molecule has 7 nitrogen and oxygen atoms in total. The number of thioether (sulfide) groups is 1. The van der Waals surface area contributed by atoms with Crippen LogP contribution >= 0.6 is 11.8 Å². The SMILES string of the molecule is COc1ccc(OCc2nnc(S[C@@H]3C[C@H](C)OC3=O)n2-c2ccccc2F)cc1. The third kappa shape index (κ3) is 4.25. The Morgan fingerprint density at radius 2 is 1.90 bits per heavy atom. The van der Waals surface area contributed by atoms with Gasteiger partial charge in [0, 0.05) is 6.42 Å². The highest BCUT2D eigenvalue weighted by Gasteiger charge is 2.34. The lowest BCUT2D eigenvalue weighted by Gasteiger charge is -2.13. The Labute approximate surface area is 177 Å². The van der Waals surface area contributed by atoms with E-state index in [1.165, 1.54) is 17.8 Å². The van der Waals surface area contributed by atoms with Crippen LogP contribution in [0.5, 0.6) is 11.5 Å². The van der Waals surface area contributed by atoms with Gasteiger partial charge in [0.25, 0.3) is 0 Å². The fraction of sp³-hybridized carbons (Fsp3) is 0.286. The lowest BCUT2D eigenvalue weighted by Crippen LogP contribution is -2.13. The Bertz CT molecular complexity index is 1040. The first kappa shape index (κ1) is 20.2. The van der Waals surface area contributed by atoms with E-state index in [0.717, 1.165) is 0 Å². The smallest absolute Gasteiger partial charge is 0.319 e. The lowest BCUT2D eigenvalue weighted by atomic mass is 10.3. The highest BCUT2D eigenvalue weighted by Crippen LogP contribution is 2.33. The maximum absolute atomic E-state index is 14.6. The van der Waals surface area contributed by atoms with Gasteiger partial charge in [-0.05, 0) is 43.3 Å². The van der Waals surface area contributed by atoms with Crippen LogP contribution in [0.4, 0.5) is 4.39 Å². The standard InChI is InChI=1S/C21H20FN3O4S/c1-13-11-18(20(26)29-13)30-21-24-23-19(25(21)17-6-4-3-5-16(17)22)12-28-15-9-7-14(27-2)8-10-15/h3-10,13,18H,11-12H2,1-2H3/t13-,18+/m0/s1. The molecule has 1 aliphatic rings. The number of aromatic nitrogens is 3. The van der Waals surface area contributed by atoms with Crippen molar-refractivity contribution in [3.63, 3.8) is 0 Å². The van der Waals surface area contributed by atoms with E-state index in [9.17, 15) is 9.18 Å². The monoisotopic (exact) mass is 429 g/mol. The molecule has 0 N–H and O–H groups in total. The second kappa shape index (κ2) is 8.74. The van der Waals surface area contributed by atoms with Crippen molar-refractivity contribution in [2.75, 3.05) is 7.11 Å². The second-order valence-electron chi connectivity index (χ2n) is 6.74. The molecule has 4 rings (SSSR count). The highest BCUT2D eigenvalue weighted by molar-refractivity contribution is 8.00. The number of ether oxygens (including phenoxy) is 3. The fourth-order valence-corrected chi connectivity index (χ4v) is 4.28. The number of hydrogen-bond acceptors (Lipinski definition) is 7. The van der Waals surface area contributed by atoms with E-state index in [1.807, 2.05) is 6.92 Å². The van der Waals surface area contributed by atoms with Crippen molar-refractivity contribution < 1.29 is 23.4 Å². The van der Waals surface area contributed by atoms with E-state index in [4.69, 9.17) is 14.2 Å². The van der Waals surface area contributed by atoms with Crippen LogP contribution in [0, 0.1) is 5.82 Å². The summed E-state index contributed by atoms with van der Waals surface area (Å²) >= 11 is 1.22. The predicted octanol–water partition coefficient (Wildman–Crippen LogP) is 3.79. The van der Waals surface area contributed by atoms with Crippen molar-refractivity contribution in [2.24, 2.45) is 0 Å². The number of halogens is 1. The molecule has 30 heavy (non-hydrogen) atoms. The maximum atomic E-state index is 14.6. The molecule has 0 amide bonds. The third-order valence-corrected chi connectivity index (χ3v) is 5.74. The number of rotatable bonds is 7. The summed E-state index contributed by atoms with van der Waals surface area (Å²) in [7, 11) is 1.59. The summed E-state index contributed by atoms with van der Waals surface area (Å²) in [5.41, 5.74) is 0.290. The molecule has 0 unspecified atom stereocenters. The number of para-hydroxylation sites is 1. The van der Waals surface area contributed by atoms with Crippen LogP contribution in [0.3, 0.4) is 0 Å². The first-order valence-electron chi connectivity index (χ1n) is 9.38. The molecule has 1 saturated heterocycles. The van der Waals surface area contributed by atoms with Crippen molar-refractivity contribution in [3.8, 4) is 17.2 Å². The average molecular weight is 429 g/mol. The quantitative estimate of drug-likeness (QED) is 0.529. The van der Waals surface area contributed by atoms with Crippen LogP contribution in [0.1, 0.15) is 19.2 Å². The van der Waals surface area contributed by atoms with Crippen LogP contribution in [0.25, 0.3) is 5.69 Å². The van der Waals surface area contributed by atoms with Crippen molar-refractivity contribution >= 4 is 17.7 Å². The van der Waals surface area contributed by atoms with Gasteiger partial charge in [0.15, 0.2) is 11.0 Å². The van der Waals surface area contributed by atoms with E-state index in [2.05, 4.69) is 10.2 Å². The molecule has 0 spiro atoms. The van der Waals surface area contributed by atoms with Gasteiger partial charge >= 0.3 is 5.97 Å². The predicted molar refractivity (Wildman–Crippen MR) is 108 cm³/mol. The molecule has 0 radical (unpaired) electrons. The number of benzene rings is 2. The molecular formula is C21H20FN3O4S. The van der Waals surface area contributed by atoms with Crippen LogP contribution < -0.4 is 9.47 Å². The molecule has 156 valence electrons. The largest absolute Gasteiger partial charge is 0.497 e. The van der Waals surface area contributed by atoms with Crippen LogP contribution in [-0.2, 0) is 16.1 Å². The zero-order valence-corrected chi connectivity index (χ0v) is 17.3. The van der Waals surface area contributed by atoms with Crippen molar-refractivity contribution in [3.05, 3.63) is 60.2 Å². The molecule has 2 atom stereocenters. The van der Waals surface area contributed by atoms with Crippen LogP contribution in [-0.4, -0.2) is 39.2 Å². The van der Waals surface area contributed by atoms with Gasteiger partial charge in [0.1, 0.15) is 35.3 Å². The number of hydrogen-bond donors (Lipinski definition) is 0. The summed E-state index contributed by atoms with van der Waals surface area (Å²) in [5.74, 6) is 1.02. The summed E-state index contributed by atoms with van der Waals surface area (Å²) in [5, 5.41) is 8.38. The topological polar surface area (TPSA) is 75.5 Å². The summed E-state index contributed by atoms with van der Waals surface area (Å²) in [6.07, 6.45) is 0.406. The zero-order chi connectivity index (χ0) is 21.1. The van der Waals surface area contributed by atoms with Gasteiger partial charge in [-0.1, -0.05) is 23.9 Å². The Morgan fingerprint density at radius 1 is 1.17 bits per heavy atom. The third-order valence-electron chi connectivity index (χ3n) is 4.60. The molecule has 0 saturated carbocycles. The second-order valence-corrected chi connectivity index (χ2v) is 7.91. The van der Waals surface area contributed by atoms with Gasteiger partial charge in [-0.2, -0.15) is 0 Å². The van der Waals surface area contributed by atoms with E-state index in [0.29, 0.717) is 28.9 Å². The Hall–Kier alpha value is -3.07. The number of esters is 1. The molecule has 3 aromatic rings. The molecule has 2 heterocycles. The summed E-state index contributed by atoms with van der Waals surface area (Å²) in [4.78, 5) is 12.1. The maximum Gasteiger partial charge on any atom is 0.319 e. The van der Waals surface area contributed by atoms with Crippen molar-refractivity contribution in [1.82, 2.24) is 14.8 Å². The van der Waals surface area contributed by atoms with Crippen molar-refractivity contribution in [1.29, 1.82) is 0 Å². The van der Waals surface area contributed by atoms with Crippen molar-refractivity contribution in [2.45, 2.75) is 36.5 Å². The van der Waals surface area contributed by atoms with Gasteiger partial charge in [-0.15, -0.1) is 10.2 Å². The summed E-state index contributed by atoms with van der Waals surface area (Å²) in [6, 6.07) is 13.4. The van der Waals surface area contributed by atoms with Gasteiger partial charge in [0.05, 0.1) is 12.8 Å². The normalized spacial score (nSPS) is 18.3. The first-order chi connectivity index (χ1) is 14.5. The average Bonchev–Trinajstić information content (AvgIpc) is 3.29. The minimum atomic E-state index is -0.424. The molecule has 1 aliphatic heterocycles. The number of cyclic esters (lactones) is 1. The minimum absolute atomic E-state index is 0.0692. The minimum Gasteiger partial charge on any atom is -0.497 e. The Morgan fingerprint density at radius 3 is 2.57 bits per heavy atom. The van der Waals surface area contributed by atoms with E-state index in [1.54, 1.807) is 54.1 Å². The van der Waals surface area contributed by atoms with Gasteiger partial charge < -0.3 is 14.2 Å². The number of nitrogens with zero attached hydrogens (tertiary/aromatic N) is 3. The molecule has 1 fully saturated rings. The van der Waals surface area contributed by atoms with Crippen LogP contribution in [0.2, 0.25) is 0 Å². The summed E-state index contributed by atoms with van der Waals surface area (Å²) in [6.45, 7) is 1.91. The fourth-order valence-electron chi connectivity index (χ4n) is 3.11. The van der Waals surface area contributed by atoms with Gasteiger partial charge in [-0.3, -0.25) is 9.36 Å². The summed E-state index contributed by atoms with van der Waals surface area (Å²) < 4.78 is 32.3. The molecule has 9 heteroatoms. The van der Waals surface area contributed by atoms with E-state index >= 15 is 0 Å². The van der Waals surface area contributed by atoms with E-state index < -0.39 is 11.1 Å². The first-order valence-corrected chi connectivity index (χ1v) is 10.3. The zero-order valence-electron chi connectivity index (χ0n) is 16.4. The van der Waals surface area contributed by atoms with Gasteiger partial charge in [0.2, 0.25) is 0 Å². The number of carbonyl (C=O) groups excluding carboxylic acids is 1. The van der Waals surface area contributed by atoms with E-state index in [-0.39, 0.29) is 24.4 Å². The lowest BCUT2D eigenvalue weighted by molar-refractivity contribution is -0.140. The molecule has 1 aromatic heterocycles. The molecule has 0 aliphatic carbocycles. The molecular weight excluding hydrogens is 409 g/mol. The Balaban J connectivity index is 1.62. The number of methoxy groups -OCH3 is 1.